The average molecular weight is 352 g/mol. The highest BCUT2D eigenvalue weighted by Gasteiger charge is 2.13. The van der Waals surface area contributed by atoms with Crippen molar-refractivity contribution in [2.24, 2.45) is 0 Å². The zero-order valence-corrected chi connectivity index (χ0v) is 13.8. The summed E-state index contributed by atoms with van der Waals surface area (Å²) in [4.78, 5) is 0. The number of hydrogen-bond donors (Lipinski definition) is 1. The molecular weight excluding hydrogens is 333 g/mol. The van der Waals surface area contributed by atoms with Crippen LogP contribution in [0, 0.1) is 5.82 Å². The third-order valence-electron chi connectivity index (χ3n) is 3.20. The predicted octanol–water partition coefficient (Wildman–Crippen LogP) is 5.44. The standard InChI is InChI=1S/C17H19BrFNO/c1-3-10-20-12(2)14-9-8-13(18)11-17(14)21-16-7-5-4-6-15(16)19/h4-9,11-12,20H,3,10H2,1-2H3. The van der Waals surface area contributed by atoms with E-state index in [2.05, 4.69) is 35.1 Å². The molecule has 0 fully saturated rings. The van der Waals surface area contributed by atoms with Crippen molar-refractivity contribution in [1.82, 2.24) is 5.32 Å². The summed E-state index contributed by atoms with van der Waals surface area (Å²) in [6.45, 7) is 5.13. The van der Waals surface area contributed by atoms with Crippen LogP contribution in [0.5, 0.6) is 11.5 Å². The number of para-hydroxylation sites is 1. The van der Waals surface area contributed by atoms with Crippen molar-refractivity contribution < 1.29 is 9.13 Å². The fraction of sp³-hybridized carbons (Fsp3) is 0.294. The largest absolute Gasteiger partial charge is 0.454 e. The van der Waals surface area contributed by atoms with Crippen molar-refractivity contribution in [1.29, 1.82) is 0 Å². The van der Waals surface area contributed by atoms with Crippen LogP contribution in [0.15, 0.2) is 46.9 Å². The molecule has 2 nitrogen and oxygen atoms in total. The Morgan fingerprint density at radius 2 is 1.95 bits per heavy atom. The molecule has 0 aliphatic rings. The summed E-state index contributed by atoms with van der Waals surface area (Å²) in [7, 11) is 0. The van der Waals surface area contributed by atoms with Gasteiger partial charge < -0.3 is 10.1 Å². The van der Waals surface area contributed by atoms with E-state index in [1.54, 1.807) is 18.2 Å². The Hall–Kier alpha value is -1.39. The van der Waals surface area contributed by atoms with Crippen LogP contribution >= 0.6 is 15.9 Å². The van der Waals surface area contributed by atoms with E-state index in [1.807, 2.05) is 18.2 Å². The molecule has 0 bridgehead atoms. The number of rotatable bonds is 6. The van der Waals surface area contributed by atoms with E-state index in [0.29, 0.717) is 5.75 Å². The number of nitrogens with one attached hydrogen (secondary N) is 1. The van der Waals surface area contributed by atoms with E-state index in [4.69, 9.17) is 4.74 Å². The monoisotopic (exact) mass is 351 g/mol. The molecule has 0 amide bonds. The molecule has 2 aromatic rings. The van der Waals surface area contributed by atoms with Gasteiger partial charge >= 0.3 is 0 Å². The molecule has 2 aromatic carbocycles. The maximum absolute atomic E-state index is 13.8. The second-order valence-electron chi connectivity index (χ2n) is 4.89. The van der Waals surface area contributed by atoms with Crippen LogP contribution in [-0.4, -0.2) is 6.54 Å². The predicted molar refractivity (Wildman–Crippen MR) is 87.3 cm³/mol. The van der Waals surface area contributed by atoms with Gasteiger partial charge in [0, 0.05) is 16.1 Å². The Labute approximate surface area is 133 Å². The van der Waals surface area contributed by atoms with E-state index >= 15 is 0 Å². The lowest BCUT2D eigenvalue weighted by molar-refractivity contribution is 0.429. The number of hydrogen-bond acceptors (Lipinski definition) is 2. The Morgan fingerprint density at radius 3 is 2.67 bits per heavy atom. The van der Waals surface area contributed by atoms with Crippen molar-refractivity contribution in [3.63, 3.8) is 0 Å². The second kappa shape index (κ2) is 7.57. The van der Waals surface area contributed by atoms with Crippen LogP contribution in [0.1, 0.15) is 31.9 Å². The smallest absolute Gasteiger partial charge is 0.165 e. The van der Waals surface area contributed by atoms with Gasteiger partial charge in [0.2, 0.25) is 0 Å². The minimum absolute atomic E-state index is 0.139. The van der Waals surface area contributed by atoms with Gasteiger partial charge in [-0.2, -0.15) is 0 Å². The zero-order chi connectivity index (χ0) is 15.2. The summed E-state index contributed by atoms with van der Waals surface area (Å²) >= 11 is 3.44. The zero-order valence-electron chi connectivity index (χ0n) is 12.2. The number of benzene rings is 2. The van der Waals surface area contributed by atoms with Gasteiger partial charge in [-0.25, -0.2) is 4.39 Å². The molecule has 112 valence electrons. The van der Waals surface area contributed by atoms with Crippen molar-refractivity contribution >= 4 is 15.9 Å². The molecule has 21 heavy (non-hydrogen) atoms. The van der Waals surface area contributed by atoms with E-state index in [-0.39, 0.29) is 17.6 Å². The fourth-order valence-electron chi connectivity index (χ4n) is 2.07. The quantitative estimate of drug-likeness (QED) is 0.747. The normalized spacial score (nSPS) is 12.2. The molecule has 0 saturated carbocycles. The van der Waals surface area contributed by atoms with Crippen LogP contribution < -0.4 is 10.1 Å². The topological polar surface area (TPSA) is 21.3 Å². The Morgan fingerprint density at radius 1 is 1.19 bits per heavy atom. The first kappa shape index (κ1) is 16.0. The van der Waals surface area contributed by atoms with Crippen molar-refractivity contribution in [3.05, 3.63) is 58.3 Å². The molecule has 0 heterocycles. The third-order valence-corrected chi connectivity index (χ3v) is 3.69. The first-order chi connectivity index (χ1) is 10.1. The first-order valence-corrected chi connectivity index (χ1v) is 7.86. The van der Waals surface area contributed by atoms with Gasteiger partial charge in [0.05, 0.1) is 0 Å². The molecule has 0 saturated heterocycles. The summed E-state index contributed by atoms with van der Waals surface area (Å²) in [6, 6.07) is 12.4. The molecule has 0 aliphatic heterocycles. The lowest BCUT2D eigenvalue weighted by Crippen LogP contribution is -2.19. The molecule has 1 atom stereocenters. The van der Waals surface area contributed by atoms with Crippen molar-refractivity contribution in [3.8, 4) is 11.5 Å². The van der Waals surface area contributed by atoms with Crippen LogP contribution in [-0.2, 0) is 0 Å². The highest BCUT2D eigenvalue weighted by Crippen LogP contribution is 2.33. The maximum atomic E-state index is 13.8. The minimum Gasteiger partial charge on any atom is -0.454 e. The second-order valence-corrected chi connectivity index (χ2v) is 5.81. The summed E-state index contributed by atoms with van der Waals surface area (Å²) in [6.07, 6.45) is 1.06. The summed E-state index contributed by atoms with van der Waals surface area (Å²) < 4.78 is 20.4. The Kier molecular flexibility index (Phi) is 5.76. The molecule has 4 heteroatoms. The third kappa shape index (κ3) is 4.29. The lowest BCUT2D eigenvalue weighted by atomic mass is 10.1. The molecule has 0 aliphatic carbocycles. The summed E-state index contributed by atoms with van der Waals surface area (Å²) in [5, 5.41) is 3.42. The van der Waals surface area contributed by atoms with Crippen LogP contribution in [0.25, 0.3) is 0 Å². The molecule has 1 unspecified atom stereocenters. The summed E-state index contributed by atoms with van der Waals surface area (Å²) in [5.74, 6) is 0.530. The molecule has 1 N–H and O–H groups in total. The number of ether oxygens (including phenoxy) is 1. The van der Waals surface area contributed by atoms with Gasteiger partial charge in [-0.3, -0.25) is 0 Å². The van der Waals surface area contributed by atoms with Crippen molar-refractivity contribution in [2.45, 2.75) is 26.3 Å². The van der Waals surface area contributed by atoms with Gasteiger partial charge in [-0.15, -0.1) is 0 Å². The Balaban J connectivity index is 2.29. The highest BCUT2D eigenvalue weighted by atomic mass is 79.9. The average Bonchev–Trinajstić information content (AvgIpc) is 2.47. The van der Waals surface area contributed by atoms with E-state index in [9.17, 15) is 4.39 Å². The van der Waals surface area contributed by atoms with E-state index in [1.165, 1.54) is 6.07 Å². The lowest BCUT2D eigenvalue weighted by Gasteiger charge is -2.18. The maximum Gasteiger partial charge on any atom is 0.165 e. The van der Waals surface area contributed by atoms with E-state index < -0.39 is 0 Å². The van der Waals surface area contributed by atoms with Gasteiger partial charge in [-0.1, -0.05) is 41.1 Å². The fourth-order valence-corrected chi connectivity index (χ4v) is 2.41. The van der Waals surface area contributed by atoms with E-state index in [0.717, 1.165) is 23.0 Å². The highest BCUT2D eigenvalue weighted by molar-refractivity contribution is 9.10. The van der Waals surface area contributed by atoms with Crippen LogP contribution in [0.3, 0.4) is 0 Å². The molecule has 2 rings (SSSR count). The number of halogens is 2. The van der Waals surface area contributed by atoms with Crippen molar-refractivity contribution in [2.75, 3.05) is 6.54 Å². The molecule has 0 aromatic heterocycles. The first-order valence-electron chi connectivity index (χ1n) is 7.07. The van der Waals surface area contributed by atoms with Crippen LogP contribution in [0.4, 0.5) is 4.39 Å². The van der Waals surface area contributed by atoms with Gasteiger partial charge in [0.1, 0.15) is 5.75 Å². The SMILES string of the molecule is CCCNC(C)c1ccc(Br)cc1Oc1ccccc1F. The molecule has 0 radical (unpaired) electrons. The molecule has 0 spiro atoms. The minimum atomic E-state index is -0.363. The summed E-state index contributed by atoms with van der Waals surface area (Å²) in [5.41, 5.74) is 1.01. The van der Waals surface area contributed by atoms with Gasteiger partial charge in [0.15, 0.2) is 11.6 Å². The molecular formula is C17H19BrFNO. The van der Waals surface area contributed by atoms with Gasteiger partial charge in [0.25, 0.3) is 0 Å². The van der Waals surface area contributed by atoms with Gasteiger partial charge in [-0.05, 0) is 44.2 Å². The Bertz CT molecular complexity index is 603. The van der Waals surface area contributed by atoms with Crippen LogP contribution in [0.2, 0.25) is 0 Å².